The van der Waals surface area contributed by atoms with E-state index < -0.39 is 0 Å². The van der Waals surface area contributed by atoms with Crippen LogP contribution in [-0.2, 0) is 0 Å². The third-order valence-electron chi connectivity index (χ3n) is 4.24. The number of anilines is 3. The van der Waals surface area contributed by atoms with Gasteiger partial charge in [-0.1, -0.05) is 12.1 Å². The van der Waals surface area contributed by atoms with Gasteiger partial charge in [0.25, 0.3) is 6.01 Å². The minimum atomic E-state index is -0.147. The van der Waals surface area contributed by atoms with E-state index in [-0.39, 0.29) is 6.10 Å². The average molecular weight is 309 g/mol. The summed E-state index contributed by atoms with van der Waals surface area (Å²) in [7, 11) is 0. The Labute approximate surface area is 134 Å². The topological polar surface area (TPSA) is 61.5 Å². The summed E-state index contributed by atoms with van der Waals surface area (Å²) in [4.78, 5) is 6.71. The van der Waals surface area contributed by atoms with Gasteiger partial charge in [-0.3, -0.25) is 0 Å². The van der Waals surface area contributed by atoms with Gasteiger partial charge in [-0.15, -0.1) is 0 Å². The lowest BCUT2D eigenvalue weighted by molar-refractivity contribution is 0.145. The second-order valence-electron chi connectivity index (χ2n) is 5.88. The molecule has 2 aromatic carbocycles. The minimum Gasteiger partial charge on any atom is -0.423 e. The molecule has 1 saturated heterocycles. The number of benzene rings is 2. The first kappa shape index (κ1) is 14.1. The van der Waals surface area contributed by atoms with Crippen molar-refractivity contribution in [1.29, 1.82) is 0 Å². The number of piperidine rings is 1. The molecule has 1 fully saturated rings. The van der Waals surface area contributed by atoms with Gasteiger partial charge in [0.1, 0.15) is 5.52 Å². The van der Waals surface area contributed by atoms with Crippen LogP contribution in [0.15, 0.2) is 52.9 Å². The second-order valence-corrected chi connectivity index (χ2v) is 5.88. The fraction of sp³-hybridized carbons (Fsp3) is 0.278. The molecule has 2 N–H and O–H groups in total. The maximum atomic E-state index is 9.59. The number of hydrogen-bond donors (Lipinski definition) is 2. The summed E-state index contributed by atoms with van der Waals surface area (Å²) in [5.74, 6) is 0. The molecule has 5 heteroatoms. The Bertz CT molecular complexity index is 756. The van der Waals surface area contributed by atoms with Crippen LogP contribution in [0.4, 0.5) is 17.4 Å². The van der Waals surface area contributed by atoms with Gasteiger partial charge in [0, 0.05) is 24.5 Å². The normalized spacial score (nSPS) is 16.0. The van der Waals surface area contributed by atoms with Crippen molar-refractivity contribution >= 4 is 28.5 Å². The van der Waals surface area contributed by atoms with E-state index in [1.807, 2.05) is 36.4 Å². The molecular formula is C18H19N3O2. The SMILES string of the molecule is OC1CCN(c2ccc(Nc3nc4ccccc4o3)cc2)CC1. The van der Waals surface area contributed by atoms with Crippen molar-refractivity contribution in [2.45, 2.75) is 18.9 Å². The van der Waals surface area contributed by atoms with E-state index in [1.54, 1.807) is 0 Å². The lowest BCUT2D eigenvalue weighted by Crippen LogP contribution is -2.35. The molecule has 0 saturated carbocycles. The molecule has 1 aliphatic heterocycles. The van der Waals surface area contributed by atoms with Crippen LogP contribution >= 0.6 is 0 Å². The van der Waals surface area contributed by atoms with Crippen molar-refractivity contribution in [1.82, 2.24) is 4.98 Å². The molecule has 5 nitrogen and oxygen atoms in total. The zero-order chi connectivity index (χ0) is 15.6. The maximum Gasteiger partial charge on any atom is 0.300 e. The average Bonchev–Trinajstić information content (AvgIpc) is 2.98. The third kappa shape index (κ3) is 3.00. The number of aromatic nitrogens is 1. The van der Waals surface area contributed by atoms with Gasteiger partial charge >= 0.3 is 0 Å². The molecule has 0 spiro atoms. The Morgan fingerprint density at radius 2 is 1.78 bits per heavy atom. The Balaban J connectivity index is 1.47. The lowest BCUT2D eigenvalue weighted by atomic mass is 10.1. The smallest absolute Gasteiger partial charge is 0.300 e. The van der Waals surface area contributed by atoms with Crippen molar-refractivity contribution in [2.24, 2.45) is 0 Å². The Morgan fingerprint density at radius 1 is 1.04 bits per heavy atom. The second kappa shape index (κ2) is 5.93. The van der Waals surface area contributed by atoms with Crippen molar-refractivity contribution in [3.8, 4) is 0 Å². The number of hydrogen-bond acceptors (Lipinski definition) is 5. The van der Waals surface area contributed by atoms with Gasteiger partial charge in [-0.2, -0.15) is 4.98 Å². The van der Waals surface area contributed by atoms with E-state index in [1.165, 1.54) is 5.69 Å². The predicted molar refractivity (Wildman–Crippen MR) is 91.2 cm³/mol. The monoisotopic (exact) mass is 309 g/mol. The fourth-order valence-electron chi connectivity index (χ4n) is 2.93. The highest BCUT2D eigenvalue weighted by Crippen LogP contribution is 2.25. The number of aliphatic hydroxyl groups excluding tert-OH is 1. The van der Waals surface area contributed by atoms with Gasteiger partial charge in [0.15, 0.2) is 5.58 Å². The zero-order valence-corrected chi connectivity index (χ0v) is 12.8. The fourth-order valence-corrected chi connectivity index (χ4v) is 2.93. The number of aliphatic hydroxyl groups is 1. The molecule has 1 aromatic heterocycles. The number of oxazole rings is 1. The van der Waals surface area contributed by atoms with Crippen molar-refractivity contribution in [2.75, 3.05) is 23.3 Å². The minimum absolute atomic E-state index is 0.147. The summed E-state index contributed by atoms with van der Waals surface area (Å²) in [6, 6.07) is 16.4. The molecule has 0 amide bonds. The molecule has 0 atom stereocenters. The van der Waals surface area contributed by atoms with Crippen LogP contribution in [0.5, 0.6) is 0 Å². The predicted octanol–water partition coefficient (Wildman–Crippen LogP) is 3.53. The summed E-state index contributed by atoms with van der Waals surface area (Å²) in [6.45, 7) is 1.80. The van der Waals surface area contributed by atoms with E-state index in [9.17, 15) is 5.11 Å². The van der Waals surface area contributed by atoms with E-state index >= 15 is 0 Å². The Hall–Kier alpha value is -2.53. The van der Waals surface area contributed by atoms with Crippen LogP contribution in [0.25, 0.3) is 11.1 Å². The molecule has 23 heavy (non-hydrogen) atoms. The number of para-hydroxylation sites is 2. The first-order chi connectivity index (χ1) is 11.3. The first-order valence-electron chi connectivity index (χ1n) is 7.93. The highest BCUT2D eigenvalue weighted by Gasteiger charge is 2.17. The molecule has 4 rings (SSSR count). The molecule has 0 unspecified atom stereocenters. The standard InChI is InChI=1S/C18H19N3O2/c22-15-9-11-21(12-10-15)14-7-5-13(6-8-14)19-18-20-16-3-1-2-4-17(16)23-18/h1-8,15,22H,9-12H2,(H,19,20). The summed E-state index contributed by atoms with van der Waals surface area (Å²) >= 11 is 0. The van der Waals surface area contributed by atoms with Crippen LogP contribution in [0.2, 0.25) is 0 Å². The van der Waals surface area contributed by atoms with Crippen LogP contribution in [0.3, 0.4) is 0 Å². The summed E-state index contributed by atoms with van der Waals surface area (Å²) in [5.41, 5.74) is 3.74. The van der Waals surface area contributed by atoms with E-state index in [0.29, 0.717) is 6.01 Å². The Kier molecular flexibility index (Phi) is 3.63. The van der Waals surface area contributed by atoms with Crippen molar-refractivity contribution in [3.63, 3.8) is 0 Å². The molecular weight excluding hydrogens is 290 g/mol. The number of rotatable bonds is 3. The van der Waals surface area contributed by atoms with E-state index in [4.69, 9.17) is 4.42 Å². The number of fused-ring (bicyclic) bond motifs is 1. The quantitative estimate of drug-likeness (QED) is 0.775. The van der Waals surface area contributed by atoms with Crippen molar-refractivity contribution in [3.05, 3.63) is 48.5 Å². The molecule has 1 aliphatic rings. The van der Waals surface area contributed by atoms with E-state index in [0.717, 1.165) is 42.7 Å². The van der Waals surface area contributed by atoms with Gasteiger partial charge < -0.3 is 19.7 Å². The van der Waals surface area contributed by atoms with Crippen LogP contribution in [0, 0.1) is 0 Å². The first-order valence-corrected chi connectivity index (χ1v) is 7.93. The van der Waals surface area contributed by atoms with Gasteiger partial charge in [0.2, 0.25) is 0 Å². The zero-order valence-electron chi connectivity index (χ0n) is 12.8. The summed E-state index contributed by atoms with van der Waals surface area (Å²) < 4.78 is 5.67. The largest absolute Gasteiger partial charge is 0.423 e. The van der Waals surface area contributed by atoms with Gasteiger partial charge in [-0.05, 0) is 49.2 Å². The summed E-state index contributed by atoms with van der Waals surface area (Å²) in [5, 5.41) is 12.8. The van der Waals surface area contributed by atoms with Gasteiger partial charge in [0.05, 0.1) is 6.10 Å². The maximum absolute atomic E-state index is 9.59. The molecule has 0 bridgehead atoms. The number of nitrogens with one attached hydrogen (secondary N) is 1. The highest BCUT2D eigenvalue weighted by molar-refractivity contribution is 5.75. The summed E-state index contributed by atoms with van der Waals surface area (Å²) in [6.07, 6.45) is 1.53. The highest BCUT2D eigenvalue weighted by atomic mass is 16.4. The molecule has 118 valence electrons. The molecule has 0 radical (unpaired) electrons. The van der Waals surface area contributed by atoms with Crippen LogP contribution < -0.4 is 10.2 Å². The van der Waals surface area contributed by atoms with Crippen LogP contribution in [0.1, 0.15) is 12.8 Å². The van der Waals surface area contributed by atoms with Gasteiger partial charge in [-0.25, -0.2) is 0 Å². The molecule has 3 aromatic rings. The van der Waals surface area contributed by atoms with Crippen LogP contribution in [-0.4, -0.2) is 29.3 Å². The Morgan fingerprint density at radius 3 is 2.52 bits per heavy atom. The molecule has 0 aliphatic carbocycles. The molecule has 2 heterocycles. The third-order valence-corrected chi connectivity index (χ3v) is 4.24. The van der Waals surface area contributed by atoms with Crippen molar-refractivity contribution < 1.29 is 9.52 Å². The van der Waals surface area contributed by atoms with E-state index in [2.05, 4.69) is 27.3 Å². The lowest BCUT2D eigenvalue weighted by Gasteiger charge is -2.31. The number of nitrogens with zero attached hydrogens (tertiary/aromatic N) is 2.